The van der Waals surface area contributed by atoms with Crippen LogP contribution in [0, 0.1) is 0 Å². The van der Waals surface area contributed by atoms with Crippen molar-refractivity contribution in [2.75, 3.05) is 7.05 Å². The molecule has 0 spiro atoms. The van der Waals surface area contributed by atoms with Crippen molar-refractivity contribution in [3.63, 3.8) is 0 Å². The Labute approximate surface area is 154 Å². The van der Waals surface area contributed by atoms with E-state index in [0.717, 1.165) is 35.4 Å². The highest BCUT2D eigenvalue weighted by atomic mass is 16.1. The number of hydrogen-bond acceptors (Lipinski definition) is 4. The smallest absolute Gasteiger partial charge is 0.166 e. The van der Waals surface area contributed by atoms with Crippen molar-refractivity contribution < 1.29 is 4.79 Å². The number of aromatic nitrogens is 2. The number of H-pyrrole nitrogens is 1. The van der Waals surface area contributed by atoms with Crippen molar-refractivity contribution in [1.82, 2.24) is 20.6 Å². The SMILES string of the molecule is C=C(N/C(C=O)=C\c1ccccc1)/C(=C/c1nc[nH]c1C(C)CC)NC. The van der Waals surface area contributed by atoms with Crippen molar-refractivity contribution in [1.29, 1.82) is 0 Å². The number of carbonyl (C=O) groups is 1. The molecular weight excluding hydrogens is 324 g/mol. The second-order valence-electron chi connectivity index (χ2n) is 6.05. The number of aldehydes is 1. The topological polar surface area (TPSA) is 69.8 Å². The fourth-order valence-corrected chi connectivity index (χ4v) is 2.55. The molecule has 2 rings (SSSR count). The van der Waals surface area contributed by atoms with Crippen LogP contribution in [-0.4, -0.2) is 23.3 Å². The lowest BCUT2D eigenvalue weighted by atomic mass is 10.0. The van der Waals surface area contributed by atoms with E-state index in [1.807, 2.05) is 43.5 Å². The number of rotatable bonds is 9. The Bertz CT molecular complexity index is 802. The van der Waals surface area contributed by atoms with E-state index >= 15 is 0 Å². The zero-order valence-corrected chi connectivity index (χ0v) is 15.5. The zero-order valence-electron chi connectivity index (χ0n) is 15.5. The highest BCUT2D eigenvalue weighted by molar-refractivity contribution is 5.81. The maximum atomic E-state index is 11.4. The molecule has 1 aromatic heterocycles. The average Bonchev–Trinajstić information content (AvgIpc) is 3.13. The Morgan fingerprint density at radius 1 is 1.31 bits per heavy atom. The number of nitrogens with zero attached hydrogens (tertiary/aromatic N) is 1. The summed E-state index contributed by atoms with van der Waals surface area (Å²) >= 11 is 0. The normalized spacial score (nSPS) is 13.2. The molecule has 5 nitrogen and oxygen atoms in total. The van der Waals surface area contributed by atoms with Crippen LogP contribution < -0.4 is 10.6 Å². The zero-order chi connectivity index (χ0) is 18.9. The summed E-state index contributed by atoms with van der Waals surface area (Å²) in [6.45, 7) is 8.35. The minimum absolute atomic E-state index is 0.381. The number of hydrogen-bond donors (Lipinski definition) is 3. The number of nitrogens with one attached hydrogen (secondary N) is 3. The molecule has 0 saturated carbocycles. The van der Waals surface area contributed by atoms with Gasteiger partial charge in [0.05, 0.1) is 29.1 Å². The lowest BCUT2D eigenvalue weighted by molar-refractivity contribution is -0.105. The molecule has 3 N–H and O–H groups in total. The van der Waals surface area contributed by atoms with Crippen LogP contribution in [0.5, 0.6) is 0 Å². The van der Waals surface area contributed by atoms with E-state index in [1.54, 1.807) is 12.4 Å². The Balaban J connectivity index is 2.22. The molecule has 1 atom stereocenters. The van der Waals surface area contributed by atoms with E-state index in [4.69, 9.17) is 0 Å². The number of likely N-dealkylation sites (N-methyl/N-ethyl adjacent to an activating group) is 1. The average molecular weight is 350 g/mol. The summed E-state index contributed by atoms with van der Waals surface area (Å²) in [5.41, 5.74) is 4.69. The summed E-state index contributed by atoms with van der Waals surface area (Å²) in [5, 5.41) is 6.19. The van der Waals surface area contributed by atoms with Crippen LogP contribution in [0.4, 0.5) is 0 Å². The second-order valence-corrected chi connectivity index (χ2v) is 6.05. The highest BCUT2D eigenvalue weighted by Crippen LogP contribution is 2.21. The van der Waals surface area contributed by atoms with Gasteiger partial charge in [0.15, 0.2) is 6.29 Å². The predicted octanol–water partition coefficient (Wildman–Crippen LogP) is 3.83. The van der Waals surface area contributed by atoms with E-state index in [9.17, 15) is 4.79 Å². The fourth-order valence-electron chi connectivity index (χ4n) is 2.55. The number of carbonyl (C=O) groups excluding carboxylic acids is 1. The Hall–Kier alpha value is -3.08. The summed E-state index contributed by atoms with van der Waals surface area (Å²) in [5.74, 6) is 0.381. The van der Waals surface area contributed by atoms with Crippen LogP contribution in [0.1, 0.15) is 43.1 Å². The third-order valence-electron chi connectivity index (χ3n) is 4.22. The van der Waals surface area contributed by atoms with Crippen LogP contribution in [0.2, 0.25) is 0 Å². The Morgan fingerprint density at radius 2 is 2.04 bits per heavy atom. The van der Waals surface area contributed by atoms with E-state index in [0.29, 0.717) is 17.3 Å². The van der Waals surface area contributed by atoms with Crippen molar-refractivity contribution >= 4 is 18.4 Å². The molecule has 0 fully saturated rings. The van der Waals surface area contributed by atoms with E-state index in [-0.39, 0.29) is 0 Å². The maximum Gasteiger partial charge on any atom is 0.166 e. The molecule has 1 heterocycles. The molecule has 26 heavy (non-hydrogen) atoms. The molecule has 0 aliphatic heterocycles. The second kappa shape index (κ2) is 9.42. The lowest BCUT2D eigenvalue weighted by Crippen LogP contribution is -2.20. The first kappa shape index (κ1) is 19.2. The molecule has 1 unspecified atom stereocenters. The Kier molecular flexibility index (Phi) is 6.97. The van der Waals surface area contributed by atoms with Gasteiger partial charge in [0.2, 0.25) is 0 Å². The molecule has 136 valence electrons. The third kappa shape index (κ3) is 4.96. The molecule has 5 heteroatoms. The van der Waals surface area contributed by atoms with Gasteiger partial charge in [0.25, 0.3) is 0 Å². The molecule has 0 aliphatic carbocycles. The van der Waals surface area contributed by atoms with Gasteiger partial charge in [-0.05, 0) is 30.1 Å². The number of imidazole rings is 1. The molecular formula is C21H26N4O. The predicted molar refractivity (Wildman–Crippen MR) is 107 cm³/mol. The van der Waals surface area contributed by atoms with Crippen molar-refractivity contribution in [2.45, 2.75) is 26.2 Å². The maximum absolute atomic E-state index is 11.4. The summed E-state index contributed by atoms with van der Waals surface area (Å²) in [6.07, 6.45) is 7.21. The number of aromatic amines is 1. The van der Waals surface area contributed by atoms with Gasteiger partial charge in [0, 0.05) is 12.7 Å². The van der Waals surface area contributed by atoms with Gasteiger partial charge in [0.1, 0.15) is 0 Å². The van der Waals surface area contributed by atoms with E-state index in [2.05, 4.69) is 41.0 Å². The largest absolute Gasteiger partial charge is 0.386 e. The van der Waals surface area contributed by atoms with Crippen LogP contribution in [0.3, 0.4) is 0 Å². The van der Waals surface area contributed by atoms with Crippen molar-refractivity contribution in [2.24, 2.45) is 0 Å². The highest BCUT2D eigenvalue weighted by Gasteiger charge is 2.12. The molecule has 2 aromatic rings. The first-order valence-electron chi connectivity index (χ1n) is 8.70. The van der Waals surface area contributed by atoms with E-state index in [1.165, 1.54) is 0 Å². The molecule has 0 radical (unpaired) electrons. The quantitative estimate of drug-likeness (QED) is 0.365. The molecule has 0 saturated heterocycles. The minimum Gasteiger partial charge on any atom is -0.386 e. The standard InChI is InChI=1S/C21H26N4O/c1-5-15(2)21-20(23-14-24-21)12-19(22-4)16(3)25-18(13-26)11-17-9-7-6-8-10-17/h6-15,22,25H,3,5H2,1-2,4H3,(H,23,24)/b18-11-,19-12-. The summed E-state index contributed by atoms with van der Waals surface area (Å²) < 4.78 is 0. The van der Waals surface area contributed by atoms with Gasteiger partial charge in [-0.25, -0.2) is 4.98 Å². The summed E-state index contributed by atoms with van der Waals surface area (Å²) in [6, 6.07) is 9.66. The number of allylic oxidation sites excluding steroid dienone is 1. The first-order chi connectivity index (χ1) is 12.6. The van der Waals surface area contributed by atoms with Crippen molar-refractivity contribution in [3.05, 3.63) is 77.3 Å². The van der Waals surface area contributed by atoms with E-state index < -0.39 is 0 Å². The van der Waals surface area contributed by atoms with Crippen LogP contribution in [0.15, 0.2) is 60.3 Å². The van der Waals surface area contributed by atoms with Gasteiger partial charge in [-0.3, -0.25) is 4.79 Å². The molecule has 0 amide bonds. The first-order valence-corrected chi connectivity index (χ1v) is 8.70. The number of benzene rings is 1. The summed E-state index contributed by atoms with van der Waals surface area (Å²) in [4.78, 5) is 19.0. The summed E-state index contributed by atoms with van der Waals surface area (Å²) in [7, 11) is 1.82. The fraction of sp³-hybridized carbons (Fsp3) is 0.238. The molecule has 1 aromatic carbocycles. The minimum atomic E-state index is 0.381. The third-order valence-corrected chi connectivity index (χ3v) is 4.22. The monoisotopic (exact) mass is 350 g/mol. The molecule has 0 aliphatic rings. The van der Waals surface area contributed by atoms with Gasteiger partial charge in [-0.15, -0.1) is 0 Å². The van der Waals surface area contributed by atoms with Gasteiger partial charge >= 0.3 is 0 Å². The van der Waals surface area contributed by atoms with Gasteiger partial charge in [-0.1, -0.05) is 50.8 Å². The van der Waals surface area contributed by atoms with Crippen LogP contribution in [0.25, 0.3) is 12.2 Å². The van der Waals surface area contributed by atoms with Crippen LogP contribution in [-0.2, 0) is 4.79 Å². The Morgan fingerprint density at radius 3 is 2.65 bits per heavy atom. The molecule has 0 bridgehead atoms. The van der Waals surface area contributed by atoms with Gasteiger partial charge < -0.3 is 15.6 Å². The van der Waals surface area contributed by atoms with Gasteiger partial charge in [-0.2, -0.15) is 0 Å². The van der Waals surface area contributed by atoms with Crippen LogP contribution >= 0.6 is 0 Å². The lowest BCUT2D eigenvalue weighted by Gasteiger charge is -2.14. The van der Waals surface area contributed by atoms with Crippen molar-refractivity contribution in [3.8, 4) is 0 Å².